The van der Waals surface area contributed by atoms with E-state index >= 15 is 0 Å². The summed E-state index contributed by atoms with van der Waals surface area (Å²) in [6.07, 6.45) is 22.4. The Morgan fingerprint density at radius 2 is 1.09 bits per heavy atom. The van der Waals surface area contributed by atoms with Crippen LogP contribution in [-0.2, 0) is 4.74 Å². The van der Waals surface area contributed by atoms with Crippen molar-refractivity contribution in [2.24, 2.45) is 0 Å². The third-order valence-corrected chi connectivity index (χ3v) is 4.37. The first-order chi connectivity index (χ1) is 11.3. The van der Waals surface area contributed by atoms with Crippen LogP contribution < -0.4 is 0 Å². The lowest BCUT2D eigenvalue weighted by Gasteiger charge is -2.04. The maximum absolute atomic E-state index is 5.39. The van der Waals surface area contributed by atoms with Crippen molar-refractivity contribution in [3.05, 3.63) is 18.8 Å². The van der Waals surface area contributed by atoms with E-state index in [1.165, 1.54) is 96.3 Å². The van der Waals surface area contributed by atoms with Crippen LogP contribution >= 0.6 is 0 Å². The highest BCUT2D eigenvalue weighted by atomic mass is 16.5. The maximum atomic E-state index is 5.39. The minimum absolute atomic E-state index is 0.679. The molecule has 1 radical (unpaired) electrons. The van der Waals surface area contributed by atoms with E-state index in [9.17, 15) is 0 Å². The first-order valence-electron chi connectivity index (χ1n) is 10.3. The van der Waals surface area contributed by atoms with Crippen molar-refractivity contribution in [1.29, 1.82) is 0 Å². The largest absolute Gasteiger partial charge is 0.371 e. The molecule has 0 spiro atoms. The molecule has 0 unspecified atom stereocenters. The van der Waals surface area contributed by atoms with Crippen LogP contribution in [0.5, 0.6) is 0 Å². The van der Waals surface area contributed by atoms with Crippen LogP contribution in [0.25, 0.3) is 0 Å². The zero-order chi connectivity index (χ0) is 17.0. The molecule has 0 aromatic heterocycles. The topological polar surface area (TPSA) is 9.23 Å². The molecule has 0 fully saturated rings. The Labute approximate surface area is 147 Å². The smallest absolute Gasteiger partial charge is 0.0841 e. The van der Waals surface area contributed by atoms with Gasteiger partial charge in [0.2, 0.25) is 0 Å². The number of hydrogen-bond acceptors (Lipinski definition) is 1. The molecule has 0 aromatic carbocycles. The molecule has 1 nitrogen and oxygen atoms in total. The fourth-order valence-electron chi connectivity index (χ4n) is 2.88. The van der Waals surface area contributed by atoms with Crippen LogP contribution in [-0.4, -0.2) is 6.61 Å². The minimum Gasteiger partial charge on any atom is -0.371 e. The molecule has 0 atom stereocenters. The summed E-state index contributed by atoms with van der Waals surface area (Å²) in [5, 5.41) is 0. The van der Waals surface area contributed by atoms with Crippen molar-refractivity contribution >= 4 is 0 Å². The first-order valence-corrected chi connectivity index (χ1v) is 10.3. The summed E-state index contributed by atoms with van der Waals surface area (Å²) in [6, 6.07) is 0. The van der Waals surface area contributed by atoms with Gasteiger partial charge in [0.25, 0.3) is 0 Å². The van der Waals surface area contributed by atoms with Gasteiger partial charge < -0.3 is 4.74 Å². The molecule has 0 aliphatic heterocycles. The number of rotatable bonds is 19. The molecule has 0 amide bonds. The van der Waals surface area contributed by atoms with Gasteiger partial charge in [-0.15, -0.1) is 0 Å². The van der Waals surface area contributed by atoms with E-state index in [1.807, 2.05) is 13.5 Å². The molecule has 0 rings (SSSR count). The molecule has 0 aliphatic carbocycles. The highest BCUT2D eigenvalue weighted by molar-refractivity contribution is 4.87. The summed E-state index contributed by atoms with van der Waals surface area (Å²) in [5.41, 5.74) is 1.10. The Balaban J connectivity index is 2.96. The first kappa shape index (κ1) is 22.7. The van der Waals surface area contributed by atoms with Crippen LogP contribution in [0, 0.1) is 6.61 Å². The minimum atomic E-state index is 0.679. The Morgan fingerprint density at radius 1 is 0.696 bits per heavy atom. The Bertz CT molecular complexity index is 234. The van der Waals surface area contributed by atoms with Crippen molar-refractivity contribution in [3.63, 3.8) is 0 Å². The fourth-order valence-corrected chi connectivity index (χ4v) is 2.88. The SMILES string of the molecule is C=C(C)CO[CH]CCCCCCCCCCCCCCCCC. The van der Waals surface area contributed by atoms with Gasteiger partial charge in [0.05, 0.1) is 13.2 Å². The fraction of sp³-hybridized carbons (Fsp3) is 0.864. The third-order valence-electron chi connectivity index (χ3n) is 4.37. The average Bonchev–Trinajstić information content (AvgIpc) is 2.53. The van der Waals surface area contributed by atoms with Gasteiger partial charge >= 0.3 is 0 Å². The van der Waals surface area contributed by atoms with Crippen molar-refractivity contribution in [1.82, 2.24) is 0 Å². The van der Waals surface area contributed by atoms with Crippen LogP contribution in [0.3, 0.4) is 0 Å². The summed E-state index contributed by atoms with van der Waals surface area (Å²) >= 11 is 0. The summed E-state index contributed by atoms with van der Waals surface area (Å²) in [6.45, 7) is 10.7. The highest BCUT2D eigenvalue weighted by Crippen LogP contribution is 2.14. The van der Waals surface area contributed by atoms with Crippen molar-refractivity contribution in [2.75, 3.05) is 6.61 Å². The predicted molar refractivity (Wildman–Crippen MR) is 105 cm³/mol. The summed E-state index contributed by atoms with van der Waals surface area (Å²) < 4.78 is 5.39. The third kappa shape index (κ3) is 21.7. The van der Waals surface area contributed by atoms with Crippen molar-refractivity contribution in [2.45, 2.75) is 117 Å². The zero-order valence-electron chi connectivity index (χ0n) is 16.2. The molecular weight excluding hydrogens is 280 g/mol. The van der Waals surface area contributed by atoms with E-state index in [2.05, 4.69) is 13.5 Å². The quantitative estimate of drug-likeness (QED) is 0.173. The van der Waals surface area contributed by atoms with Crippen molar-refractivity contribution in [3.8, 4) is 0 Å². The van der Waals surface area contributed by atoms with Gasteiger partial charge in [-0.1, -0.05) is 115 Å². The molecule has 23 heavy (non-hydrogen) atoms. The molecule has 137 valence electrons. The molecule has 1 heteroatoms. The lowest BCUT2D eigenvalue weighted by atomic mass is 10.0. The second-order valence-corrected chi connectivity index (χ2v) is 7.17. The van der Waals surface area contributed by atoms with E-state index in [0.717, 1.165) is 12.0 Å². The number of ether oxygens (including phenoxy) is 1. The highest BCUT2D eigenvalue weighted by Gasteiger charge is 1.95. The Hall–Kier alpha value is -0.300. The normalized spacial score (nSPS) is 11.0. The Morgan fingerprint density at radius 3 is 1.48 bits per heavy atom. The standard InChI is InChI=1S/C22H43O/c1-4-5-6-7-8-9-10-11-12-13-14-15-16-17-18-19-20-23-21-22(2)3/h20H,2,4-19,21H2,1,3H3. The lowest BCUT2D eigenvalue weighted by Crippen LogP contribution is -1.92. The summed E-state index contributed by atoms with van der Waals surface area (Å²) in [7, 11) is 0. The Kier molecular flexibility index (Phi) is 19.5. The van der Waals surface area contributed by atoms with Crippen LogP contribution in [0.1, 0.15) is 117 Å². The predicted octanol–water partition coefficient (Wildman–Crippen LogP) is 8.00. The van der Waals surface area contributed by atoms with E-state index in [0.29, 0.717) is 6.61 Å². The second-order valence-electron chi connectivity index (χ2n) is 7.17. The van der Waals surface area contributed by atoms with Gasteiger partial charge in [-0.25, -0.2) is 0 Å². The molecule has 0 aromatic rings. The lowest BCUT2D eigenvalue weighted by molar-refractivity contribution is 0.215. The second kappa shape index (κ2) is 19.7. The van der Waals surface area contributed by atoms with Gasteiger partial charge in [0.1, 0.15) is 0 Å². The van der Waals surface area contributed by atoms with Crippen molar-refractivity contribution < 1.29 is 4.74 Å². The molecule has 0 N–H and O–H groups in total. The number of unbranched alkanes of at least 4 members (excludes halogenated alkanes) is 15. The van der Waals surface area contributed by atoms with Gasteiger partial charge in [-0.05, 0) is 13.3 Å². The van der Waals surface area contributed by atoms with Gasteiger partial charge in [0.15, 0.2) is 0 Å². The number of hydrogen-bond donors (Lipinski definition) is 0. The van der Waals surface area contributed by atoms with E-state index in [1.54, 1.807) is 0 Å². The maximum Gasteiger partial charge on any atom is 0.0841 e. The molecule has 0 saturated heterocycles. The summed E-state index contributed by atoms with van der Waals surface area (Å²) in [5.74, 6) is 0. The molecule has 0 saturated carbocycles. The molecule has 0 heterocycles. The van der Waals surface area contributed by atoms with Gasteiger partial charge in [-0.2, -0.15) is 0 Å². The monoisotopic (exact) mass is 323 g/mol. The van der Waals surface area contributed by atoms with Crippen LogP contribution in [0.15, 0.2) is 12.2 Å². The molecular formula is C22H43O. The van der Waals surface area contributed by atoms with Gasteiger partial charge in [0, 0.05) is 0 Å². The average molecular weight is 324 g/mol. The zero-order valence-corrected chi connectivity index (χ0v) is 16.2. The van der Waals surface area contributed by atoms with Crippen LogP contribution in [0.4, 0.5) is 0 Å². The molecule has 0 aliphatic rings. The van der Waals surface area contributed by atoms with E-state index < -0.39 is 0 Å². The van der Waals surface area contributed by atoms with E-state index in [-0.39, 0.29) is 0 Å². The van der Waals surface area contributed by atoms with Gasteiger partial charge in [-0.3, -0.25) is 0 Å². The van der Waals surface area contributed by atoms with Crippen LogP contribution in [0.2, 0.25) is 0 Å². The molecule has 0 bridgehead atoms. The van der Waals surface area contributed by atoms with E-state index in [4.69, 9.17) is 4.74 Å². The summed E-state index contributed by atoms with van der Waals surface area (Å²) in [4.78, 5) is 0.